The molecule has 0 spiro atoms. The van der Waals surface area contributed by atoms with E-state index in [0.29, 0.717) is 6.54 Å². The second-order valence-corrected chi connectivity index (χ2v) is 8.43. The first-order chi connectivity index (χ1) is 14.3. The number of amides is 1. The van der Waals surface area contributed by atoms with Crippen molar-refractivity contribution >= 4 is 12.1 Å². The van der Waals surface area contributed by atoms with Gasteiger partial charge in [-0.25, -0.2) is 9.48 Å². The Labute approximate surface area is 178 Å². The number of para-hydroxylation sites is 1. The number of rotatable bonds is 5. The molecule has 0 saturated carbocycles. The molecule has 162 valence electrons. The van der Waals surface area contributed by atoms with Crippen LogP contribution in [0.15, 0.2) is 47.7 Å². The fourth-order valence-corrected chi connectivity index (χ4v) is 3.41. The van der Waals surface area contributed by atoms with Crippen molar-refractivity contribution in [1.29, 1.82) is 0 Å². The Morgan fingerprint density at radius 3 is 2.77 bits per heavy atom. The van der Waals surface area contributed by atoms with Gasteiger partial charge in [0.25, 0.3) is 0 Å². The summed E-state index contributed by atoms with van der Waals surface area (Å²) in [5.74, 6) is 0.846. The average Bonchev–Trinajstić information content (AvgIpc) is 3.34. The molecule has 1 atom stereocenters. The van der Waals surface area contributed by atoms with Gasteiger partial charge in [-0.1, -0.05) is 18.2 Å². The Bertz CT molecular complexity index is 856. The normalized spacial score (nSPS) is 17.1. The molecule has 1 unspecified atom stereocenters. The smallest absolute Gasteiger partial charge is 0.407 e. The van der Waals surface area contributed by atoms with Gasteiger partial charge >= 0.3 is 6.09 Å². The fraction of sp³-hybridized carbons (Fsp3) is 0.500. The topological polar surface area (TPSA) is 83.8 Å². The van der Waals surface area contributed by atoms with Crippen molar-refractivity contribution in [1.82, 2.24) is 25.3 Å². The van der Waals surface area contributed by atoms with Crippen LogP contribution in [0, 0.1) is 0 Å². The Balaban J connectivity index is 1.44. The van der Waals surface area contributed by atoms with Crippen LogP contribution >= 0.6 is 0 Å². The molecule has 1 amide bonds. The molecule has 8 heteroatoms. The zero-order valence-electron chi connectivity index (χ0n) is 18.3. The van der Waals surface area contributed by atoms with Crippen molar-refractivity contribution < 1.29 is 9.53 Å². The van der Waals surface area contributed by atoms with Crippen LogP contribution in [0.2, 0.25) is 0 Å². The standard InChI is InChI=1S/C22H32N6O2/c1-22(2,3)30-21(29)26-18-11-13-27(16-18)20(23-4)24-12-10-17-14-25-28(15-17)19-8-6-5-7-9-19/h5-9,14-15,18H,10-13,16H2,1-4H3,(H,23,24)(H,26,29). The molecule has 1 aromatic carbocycles. The number of nitrogens with zero attached hydrogens (tertiary/aromatic N) is 4. The van der Waals surface area contributed by atoms with E-state index in [2.05, 4.69) is 31.8 Å². The van der Waals surface area contributed by atoms with Gasteiger partial charge in [0.1, 0.15) is 5.60 Å². The quantitative estimate of drug-likeness (QED) is 0.583. The van der Waals surface area contributed by atoms with Crippen LogP contribution in [0.1, 0.15) is 32.8 Å². The molecule has 3 rings (SSSR count). The van der Waals surface area contributed by atoms with Crippen LogP contribution in [0.5, 0.6) is 0 Å². The maximum Gasteiger partial charge on any atom is 0.407 e. The van der Waals surface area contributed by atoms with Crippen LogP contribution in [0.4, 0.5) is 4.79 Å². The van der Waals surface area contributed by atoms with E-state index in [4.69, 9.17) is 4.74 Å². The minimum atomic E-state index is -0.492. The number of nitrogens with one attached hydrogen (secondary N) is 2. The predicted molar refractivity (Wildman–Crippen MR) is 118 cm³/mol. The van der Waals surface area contributed by atoms with E-state index < -0.39 is 5.60 Å². The monoisotopic (exact) mass is 412 g/mol. The highest BCUT2D eigenvalue weighted by atomic mass is 16.6. The Kier molecular flexibility index (Phi) is 6.97. The minimum absolute atomic E-state index is 0.0579. The predicted octanol–water partition coefficient (Wildman–Crippen LogP) is 2.59. The lowest BCUT2D eigenvalue weighted by Crippen LogP contribution is -2.44. The van der Waals surface area contributed by atoms with Gasteiger partial charge in [-0.3, -0.25) is 4.99 Å². The van der Waals surface area contributed by atoms with Gasteiger partial charge < -0.3 is 20.3 Å². The molecule has 0 bridgehead atoms. The summed E-state index contributed by atoms with van der Waals surface area (Å²) in [5.41, 5.74) is 1.72. The Morgan fingerprint density at radius 2 is 2.07 bits per heavy atom. The molecule has 1 aromatic heterocycles. The first-order valence-electron chi connectivity index (χ1n) is 10.4. The number of hydrogen-bond donors (Lipinski definition) is 2. The number of ether oxygens (including phenoxy) is 1. The molecule has 8 nitrogen and oxygen atoms in total. The number of alkyl carbamates (subject to hydrolysis) is 1. The lowest BCUT2D eigenvalue weighted by atomic mass is 10.2. The molecule has 2 N–H and O–H groups in total. The van der Waals surface area contributed by atoms with Crippen LogP contribution < -0.4 is 10.6 Å². The maximum absolute atomic E-state index is 12.0. The minimum Gasteiger partial charge on any atom is -0.444 e. The number of aromatic nitrogens is 2. The third kappa shape index (κ3) is 6.23. The number of aliphatic imine (C=N–C) groups is 1. The summed E-state index contributed by atoms with van der Waals surface area (Å²) in [6.07, 6.45) is 5.29. The lowest BCUT2D eigenvalue weighted by molar-refractivity contribution is 0.0507. The maximum atomic E-state index is 12.0. The first kappa shape index (κ1) is 21.7. The highest BCUT2D eigenvalue weighted by Crippen LogP contribution is 2.12. The van der Waals surface area contributed by atoms with Crippen molar-refractivity contribution in [3.63, 3.8) is 0 Å². The Morgan fingerprint density at radius 1 is 1.30 bits per heavy atom. The molecule has 1 aliphatic heterocycles. The summed E-state index contributed by atoms with van der Waals surface area (Å²) in [6.45, 7) is 7.90. The van der Waals surface area contributed by atoms with Crippen molar-refractivity contribution in [2.45, 2.75) is 45.3 Å². The van der Waals surface area contributed by atoms with Crippen molar-refractivity contribution in [3.05, 3.63) is 48.3 Å². The molecule has 2 heterocycles. The van der Waals surface area contributed by atoms with Crippen molar-refractivity contribution in [2.75, 3.05) is 26.7 Å². The van der Waals surface area contributed by atoms with E-state index in [9.17, 15) is 4.79 Å². The van der Waals surface area contributed by atoms with Crippen LogP contribution in [-0.2, 0) is 11.2 Å². The molecule has 0 aliphatic carbocycles. The fourth-order valence-electron chi connectivity index (χ4n) is 3.41. The summed E-state index contributed by atoms with van der Waals surface area (Å²) in [5, 5.41) is 10.8. The number of guanidine groups is 1. The van der Waals surface area contributed by atoms with Gasteiger partial charge in [-0.2, -0.15) is 5.10 Å². The van der Waals surface area contributed by atoms with Crippen molar-refractivity contribution in [3.8, 4) is 5.69 Å². The zero-order chi connectivity index (χ0) is 21.6. The van der Waals surface area contributed by atoms with Crippen molar-refractivity contribution in [2.24, 2.45) is 4.99 Å². The van der Waals surface area contributed by atoms with E-state index in [1.54, 1.807) is 7.05 Å². The van der Waals surface area contributed by atoms with Crippen LogP contribution in [-0.4, -0.2) is 65.1 Å². The second-order valence-electron chi connectivity index (χ2n) is 8.43. The largest absolute Gasteiger partial charge is 0.444 e. The first-order valence-corrected chi connectivity index (χ1v) is 10.4. The zero-order valence-corrected chi connectivity index (χ0v) is 18.3. The van der Waals surface area contributed by atoms with Gasteiger partial charge in [0.15, 0.2) is 5.96 Å². The van der Waals surface area contributed by atoms with E-state index in [1.165, 1.54) is 0 Å². The molecule has 0 radical (unpaired) electrons. The molecule has 1 saturated heterocycles. The summed E-state index contributed by atoms with van der Waals surface area (Å²) in [7, 11) is 1.78. The highest BCUT2D eigenvalue weighted by molar-refractivity contribution is 5.80. The van der Waals surface area contributed by atoms with E-state index in [0.717, 1.165) is 43.1 Å². The third-order valence-electron chi connectivity index (χ3n) is 4.77. The van der Waals surface area contributed by atoms with Gasteiger partial charge in [-0.05, 0) is 51.3 Å². The number of carbonyl (C=O) groups excluding carboxylic acids is 1. The molecular weight excluding hydrogens is 380 g/mol. The summed E-state index contributed by atoms with van der Waals surface area (Å²) in [4.78, 5) is 18.5. The van der Waals surface area contributed by atoms with Gasteiger partial charge in [-0.15, -0.1) is 0 Å². The van der Waals surface area contributed by atoms with Gasteiger partial charge in [0.05, 0.1) is 17.9 Å². The van der Waals surface area contributed by atoms with Gasteiger partial charge in [0, 0.05) is 32.9 Å². The number of carbonyl (C=O) groups is 1. The summed E-state index contributed by atoms with van der Waals surface area (Å²) >= 11 is 0. The third-order valence-corrected chi connectivity index (χ3v) is 4.77. The van der Waals surface area contributed by atoms with Crippen LogP contribution in [0.25, 0.3) is 5.69 Å². The molecule has 1 aliphatic rings. The summed E-state index contributed by atoms with van der Waals surface area (Å²) in [6, 6.07) is 10.1. The van der Waals surface area contributed by atoms with Crippen LogP contribution in [0.3, 0.4) is 0 Å². The van der Waals surface area contributed by atoms with Gasteiger partial charge in [0.2, 0.25) is 0 Å². The average molecular weight is 413 g/mol. The number of likely N-dealkylation sites (tertiary alicyclic amines) is 1. The lowest BCUT2D eigenvalue weighted by Gasteiger charge is -2.23. The van der Waals surface area contributed by atoms with E-state index >= 15 is 0 Å². The number of benzene rings is 1. The van der Waals surface area contributed by atoms with E-state index in [1.807, 2.05) is 62.0 Å². The SMILES string of the molecule is CN=C(NCCc1cnn(-c2ccccc2)c1)N1CCC(NC(=O)OC(C)(C)C)C1. The Hall–Kier alpha value is -3.03. The molecular formula is C22H32N6O2. The summed E-state index contributed by atoms with van der Waals surface area (Å²) < 4.78 is 7.23. The molecule has 30 heavy (non-hydrogen) atoms. The second kappa shape index (κ2) is 9.65. The molecule has 2 aromatic rings. The van der Waals surface area contributed by atoms with E-state index in [-0.39, 0.29) is 12.1 Å². The number of hydrogen-bond acceptors (Lipinski definition) is 4. The highest BCUT2D eigenvalue weighted by Gasteiger charge is 2.27. The molecule has 1 fully saturated rings.